The number of nitrogens with zero attached hydrogens (tertiary/aromatic N) is 1. The third-order valence-corrected chi connectivity index (χ3v) is 2.05. The summed E-state index contributed by atoms with van der Waals surface area (Å²) in [6, 6.07) is 0. The number of aromatic nitrogens is 1. The molecule has 1 rings (SSSR count). The molecule has 0 atom stereocenters. The van der Waals surface area contributed by atoms with Gasteiger partial charge in [-0.2, -0.15) is 13.2 Å². The summed E-state index contributed by atoms with van der Waals surface area (Å²) >= 11 is 0. The molecule has 0 fully saturated rings. The molecule has 0 bridgehead atoms. The standard InChI is InChI=1S/C8H8F3NO3/c1-7(2,8(9,10)11)5-4(6(13)14)12-3-15-5/h3H,1-2H3,(H,13,14). The van der Waals surface area contributed by atoms with Gasteiger partial charge < -0.3 is 9.52 Å². The van der Waals surface area contributed by atoms with Crippen molar-refractivity contribution in [2.75, 3.05) is 0 Å². The van der Waals surface area contributed by atoms with E-state index in [0.29, 0.717) is 6.39 Å². The molecular weight excluding hydrogens is 215 g/mol. The van der Waals surface area contributed by atoms with E-state index in [0.717, 1.165) is 13.8 Å². The highest BCUT2D eigenvalue weighted by Gasteiger charge is 2.52. The first-order valence-corrected chi connectivity index (χ1v) is 3.92. The Morgan fingerprint density at radius 3 is 2.40 bits per heavy atom. The lowest BCUT2D eigenvalue weighted by Gasteiger charge is -2.25. The van der Waals surface area contributed by atoms with Crippen LogP contribution in [-0.2, 0) is 5.41 Å². The van der Waals surface area contributed by atoms with Crippen molar-refractivity contribution < 1.29 is 27.5 Å². The molecule has 0 aliphatic rings. The normalized spacial score (nSPS) is 12.9. The molecule has 15 heavy (non-hydrogen) atoms. The summed E-state index contributed by atoms with van der Waals surface area (Å²) in [4.78, 5) is 13.8. The molecule has 0 saturated heterocycles. The van der Waals surface area contributed by atoms with Gasteiger partial charge in [-0.3, -0.25) is 0 Å². The van der Waals surface area contributed by atoms with Gasteiger partial charge in [-0.05, 0) is 13.8 Å². The highest BCUT2D eigenvalue weighted by Crippen LogP contribution is 2.41. The Kier molecular flexibility index (Phi) is 2.50. The van der Waals surface area contributed by atoms with E-state index in [1.165, 1.54) is 0 Å². The number of halogens is 3. The van der Waals surface area contributed by atoms with E-state index < -0.39 is 29.0 Å². The van der Waals surface area contributed by atoms with Crippen LogP contribution in [0.2, 0.25) is 0 Å². The lowest BCUT2D eigenvalue weighted by molar-refractivity contribution is -0.184. The Bertz CT molecular complexity index is 381. The highest BCUT2D eigenvalue weighted by atomic mass is 19.4. The predicted octanol–water partition coefficient (Wildman–Crippen LogP) is 2.21. The first kappa shape index (κ1) is 11.5. The van der Waals surface area contributed by atoms with Crippen LogP contribution in [0.25, 0.3) is 0 Å². The van der Waals surface area contributed by atoms with Gasteiger partial charge >= 0.3 is 12.1 Å². The maximum atomic E-state index is 12.6. The number of hydrogen-bond donors (Lipinski definition) is 1. The van der Waals surface area contributed by atoms with Crippen molar-refractivity contribution in [3.63, 3.8) is 0 Å². The largest absolute Gasteiger partial charge is 0.476 e. The fourth-order valence-electron chi connectivity index (χ4n) is 0.971. The van der Waals surface area contributed by atoms with Gasteiger partial charge in [0.1, 0.15) is 5.41 Å². The number of hydrogen-bond acceptors (Lipinski definition) is 3. The van der Waals surface area contributed by atoms with Crippen molar-refractivity contribution in [3.05, 3.63) is 17.8 Å². The van der Waals surface area contributed by atoms with Gasteiger partial charge in [0.25, 0.3) is 0 Å². The maximum Gasteiger partial charge on any atom is 0.401 e. The van der Waals surface area contributed by atoms with E-state index in [9.17, 15) is 18.0 Å². The molecular formula is C8H8F3NO3. The van der Waals surface area contributed by atoms with Crippen LogP contribution >= 0.6 is 0 Å². The highest BCUT2D eigenvalue weighted by molar-refractivity contribution is 5.86. The first-order valence-electron chi connectivity index (χ1n) is 3.92. The van der Waals surface area contributed by atoms with Crippen molar-refractivity contribution in [2.45, 2.75) is 25.4 Å². The van der Waals surface area contributed by atoms with E-state index in [4.69, 9.17) is 5.11 Å². The molecule has 0 amide bonds. The monoisotopic (exact) mass is 223 g/mol. The van der Waals surface area contributed by atoms with Crippen molar-refractivity contribution >= 4 is 5.97 Å². The molecule has 1 aromatic rings. The SMILES string of the molecule is CC(C)(c1ocnc1C(=O)O)C(F)(F)F. The minimum atomic E-state index is -4.60. The summed E-state index contributed by atoms with van der Waals surface area (Å²) in [5.74, 6) is -2.24. The second-order valence-electron chi connectivity index (χ2n) is 3.46. The second kappa shape index (κ2) is 3.25. The first-order chi connectivity index (χ1) is 6.68. The Morgan fingerprint density at radius 1 is 1.47 bits per heavy atom. The lowest BCUT2D eigenvalue weighted by Crippen LogP contribution is -2.37. The Morgan fingerprint density at radius 2 is 2.00 bits per heavy atom. The summed E-state index contributed by atoms with van der Waals surface area (Å²) in [5, 5.41) is 8.59. The molecule has 1 N–H and O–H groups in total. The molecule has 1 aromatic heterocycles. The zero-order valence-corrected chi connectivity index (χ0v) is 7.92. The topological polar surface area (TPSA) is 63.3 Å². The molecule has 84 valence electrons. The van der Waals surface area contributed by atoms with E-state index in [2.05, 4.69) is 9.40 Å². The second-order valence-corrected chi connectivity index (χ2v) is 3.46. The summed E-state index contributed by atoms with van der Waals surface area (Å²) in [6.07, 6.45) is -3.91. The van der Waals surface area contributed by atoms with Crippen LogP contribution in [0, 0.1) is 0 Å². The van der Waals surface area contributed by atoms with E-state index in [1.54, 1.807) is 0 Å². The molecule has 0 aromatic carbocycles. The van der Waals surface area contributed by atoms with Gasteiger partial charge in [0.2, 0.25) is 0 Å². The van der Waals surface area contributed by atoms with Crippen LogP contribution in [0.1, 0.15) is 30.1 Å². The smallest absolute Gasteiger partial charge is 0.401 e. The van der Waals surface area contributed by atoms with Crippen molar-refractivity contribution in [1.29, 1.82) is 0 Å². The van der Waals surface area contributed by atoms with Crippen molar-refractivity contribution in [1.82, 2.24) is 4.98 Å². The zero-order valence-electron chi connectivity index (χ0n) is 7.92. The van der Waals surface area contributed by atoms with E-state index in [-0.39, 0.29) is 0 Å². The van der Waals surface area contributed by atoms with Gasteiger partial charge in [-0.15, -0.1) is 0 Å². The maximum absolute atomic E-state index is 12.6. The Balaban J connectivity index is 3.27. The molecule has 0 radical (unpaired) electrons. The fourth-order valence-corrected chi connectivity index (χ4v) is 0.971. The van der Waals surface area contributed by atoms with Gasteiger partial charge in [0.15, 0.2) is 17.8 Å². The minimum absolute atomic E-state index is 0.687. The summed E-state index contributed by atoms with van der Waals surface area (Å²) < 4.78 is 42.2. The molecule has 0 spiro atoms. The molecule has 0 aliphatic carbocycles. The third kappa shape index (κ3) is 1.81. The Labute approximate surface area is 82.7 Å². The van der Waals surface area contributed by atoms with Crippen LogP contribution in [0.4, 0.5) is 13.2 Å². The summed E-state index contributed by atoms with van der Waals surface area (Å²) in [7, 11) is 0. The van der Waals surface area contributed by atoms with E-state index >= 15 is 0 Å². The molecule has 0 saturated carbocycles. The molecule has 7 heteroatoms. The number of carboxylic acids is 1. The number of carboxylic acid groups (broad SMARTS) is 1. The molecule has 1 heterocycles. The fraction of sp³-hybridized carbons (Fsp3) is 0.500. The number of rotatable bonds is 2. The predicted molar refractivity (Wildman–Crippen MR) is 42.5 cm³/mol. The van der Waals surface area contributed by atoms with Gasteiger partial charge in [0.05, 0.1) is 0 Å². The van der Waals surface area contributed by atoms with Crippen LogP contribution < -0.4 is 0 Å². The number of carbonyl (C=O) groups is 1. The lowest BCUT2D eigenvalue weighted by atomic mass is 9.88. The summed E-state index contributed by atoms with van der Waals surface area (Å²) in [5.41, 5.74) is -3.09. The number of oxazole rings is 1. The zero-order chi connectivity index (χ0) is 11.9. The van der Waals surface area contributed by atoms with Gasteiger partial charge in [-0.1, -0.05) is 0 Å². The van der Waals surface area contributed by atoms with Crippen LogP contribution in [-0.4, -0.2) is 22.2 Å². The average molecular weight is 223 g/mol. The molecule has 0 aliphatic heterocycles. The van der Waals surface area contributed by atoms with Crippen molar-refractivity contribution in [3.8, 4) is 0 Å². The van der Waals surface area contributed by atoms with Crippen LogP contribution in [0.3, 0.4) is 0 Å². The summed E-state index contributed by atoms with van der Waals surface area (Å²) in [6.45, 7) is 1.67. The Hall–Kier alpha value is -1.53. The van der Waals surface area contributed by atoms with Gasteiger partial charge in [-0.25, -0.2) is 9.78 Å². The van der Waals surface area contributed by atoms with Gasteiger partial charge in [0, 0.05) is 0 Å². The molecule has 0 unspecified atom stereocenters. The molecule has 4 nitrogen and oxygen atoms in total. The quantitative estimate of drug-likeness (QED) is 0.834. The number of alkyl halides is 3. The third-order valence-electron chi connectivity index (χ3n) is 2.05. The van der Waals surface area contributed by atoms with Crippen LogP contribution in [0.5, 0.6) is 0 Å². The number of aromatic carboxylic acids is 1. The van der Waals surface area contributed by atoms with Crippen LogP contribution in [0.15, 0.2) is 10.8 Å². The minimum Gasteiger partial charge on any atom is -0.476 e. The average Bonchev–Trinajstić information content (AvgIpc) is 2.48. The van der Waals surface area contributed by atoms with Crippen molar-refractivity contribution in [2.24, 2.45) is 0 Å². The van der Waals surface area contributed by atoms with E-state index in [1.807, 2.05) is 0 Å².